The van der Waals surface area contributed by atoms with Crippen molar-refractivity contribution in [1.82, 2.24) is 4.72 Å². The van der Waals surface area contributed by atoms with Crippen molar-refractivity contribution in [1.29, 1.82) is 0 Å². The van der Waals surface area contributed by atoms with Crippen molar-refractivity contribution in [3.05, 3.63) is 58.1 Å². The van der Waals surface area contributed by atoms with Gasteiger partial charge in [0.15, 0.2) is 0 Å². The van der Waals surface area contributed by atoms with Crippen LogP contribution in [0.1, 0.15) is 86.2 Å². The number of carbonyl (C=O) groups excluding carboxylic acids is 1. The lowest BCUT2D eigenvalue weighted by Gasteiger charge is -2.46. The predicted molar refractivity (Wildman–Crippen MR) is 165 cm³/mol. The summed E-state index contributed by atoms with van der Waals surface area (Å²) in [5.41, 5.74) is 3.91. The molecule has 2 bridgehead atoms. The Bertz CT molecular complexity index is 1300. The molecule has 1 fully saturated rings. The van der Waals surface area contributed by atoms with Crippen LogP contribution in [0.25, 0.3) is 0 Å². The molecule has 4 unspecified atom stereocenters. The summed E-state index contributed by atoms with van der Waals surface area (Å²) in [6.45, 7) is 4.51. The first kappa shape index (κ1) is 29.0. The van der Waals surface area contributed by atoms with Gasteiger partial charge < -0.3 is 14.7 Å². The minimum atomic E-state index is -1.45. The first-order valence-corrected chi connectivity index (χ1v) is 17.1. The summed E-state index contributed by atoms with van der Waals surface area (Å²) >= 11 is 6.41. The van der Waals surface area contributed by atoms with E-state index in [0.717, 1.165) is 93.8 Å². The number of rotatable bonds is 2. The number of aliphatic hydroxyl groups is 1. The number of nitrogens with one attached hydrogen (secondary N) is 1. The molecule has 2 heterocycles. The third-order valence-electron chi connectivity index (χ3n) is 10.4. The molecule has 6 atom stereocenters. The summed E-state index contributed by atoms with van der Waals surface area (Å²) in [6, 6.07) is 12.0. The van der Waals surface area contributed by atoms with Gasteiger partial charge in [0.1, 0.15) is 16.7 Å². The molecule has 4 aliphatic rings. The van der Waals surface area contributed by atoms with Gasteiger partial charge in [-0.05, 0) is 111 Å². The number of anilines is 1. The first-order valence-electron chi connectivity index (χ1n) is 15.5. The van der Waals surface area contributed by atoms with E-state index in [1.165, 1.54) is 11.1 Å². The van der Waals surface area contributed by atoms with Crippen LogP contribution in [-0.4, -0.2) is 46.8 Å². The minimum absolute atomic E-state index is 0.0729. The fraction of sp³-hybridized carbons (Fsp3) is 0.606. The highest BCUT2D eigenvalue weighted by molar-refractivity contribution is 7.84. The Labute approximate surface area is 251 Å². The Morgan fingerprint density at radius 2 is 1.98 bits per heavy atom. The lowest BCUT2D eigenvalue weighted by atomic mass is 9.65. The number of hydrogen-bond acceptors (Lipinski definition) is 5. The van der Waals surface area contributed by atoms with Crippen LogP contribution in [0.15, 0.2) is 36.4 Å². The standard InChI is InChI=1S/C33H43ClN2O4S/c1-2-27-8-4-3-6-25(19-37)28-12-9-24(28)18-36-20-33(15-5-7-22-16-26(34)11-13-29(22)33)21-40-31-14-10-23(17-30(31)36)32(38)35-41(27)39/h10-11,13-14,16-17,24-25,27-28,37H,2-9,12,15,18-21H2,1H3,(H,35,38)/t24?,25-,27?,28?,33-,41?/m0/s1. The molecule has 0 radical (unpaired) electrons. The molecule has 2 aliphatic carbocycles. The molecule has 0 aromatic heterocycles. The van der Waals surface area contributed by atoms with Crippen molar-refractivity contribution in [3.63, 3.8) is 0 Å². The molecule has 2 aromatic rings. The van der Waals surface area contributed by atoms with Gasteiger partial charge in [0.2, 0.25) is 0 Å². The highest BCUT2D eigenvalue weighted by Gasteiger charge is 2.44. The molecule has 2 N–H and O–H groups in total. The van der Waals surface area contributed by atoms with Gasteiger partial charge in [0.25, 0.3) is 5.91 Å². The van der Waals surface area contributed by atoms with Crippen LogP contribution in [0.4, 0.5) is 5.69 Å². The third-order valence-corrected chi connectivity index (χ3v) is 12.2. The number of hydrogen-bond donors (Lipinski definition) is 2. The molecule has 2 aliphatic heterocycles. The Hall–Kier alpha value is -2.09. The lowest BCUT2D eigenvalue weighted by Crippen LogP contribution is -2.49. The van der Waals surface area contributed by atoms with Crippen molar-refractivity contribution in [2.75, 3.05) is 31.2 Å². The molecule has 6 nitrogen and oxygen atoms in total. The van der Waals surface area contributed by atoms with Gasteiger partial charge in [-0.1, -0.05) is 37.4 Å². The lowest BCUT2D eigenvalue weighted by molar-refractivity contribution is 0.0575. The van der Waals surface area contributed by atoms with E-state index in [-0.39, 0.29) is 23.2 Å². The fourth-order valence-electron chi connectivity index (χ4n) is 7.90. The highest BCUT2D eigenvalue weighted by atomic mass is 35.5. The maximum absolute atomic E-state index is 13.3. The van der Waals surface area contributed by atoms with E-state index in [0.29, 0.717) is 29.9 Å². The molecule has 6 rings (SSSR count). The second kappa shape index (κ2) is 12.3. The topological polar surface area (TPSA) is 78.9 Å². The quantitative estimate of drug-likeness (QED) is 0.431. The normalized spacial score (nSPS) is 32.1. The van der Waals surface area contributed by atoms with Gasteiger partial charge in [-0.3, -0.25) is 9.52 Å². The van der Waals surface area contributed by atoms with Crippen LogP contribution in [0.5, 0.6) is 5.75 Å². The summed E-state index contributed by atoms with van der Waals surface area (Å²) in [5.74, 6) is 1.78. The predicted octanol–water partition coefficient (Wildman–Crippen LogP) is 6.19. The monoisotopic (exact) mass is 598 g/mol. The third kappa shape index (κ3) is 5.79. The number of nitrogens with zero attached hydrogens (tertiary/aromatic N) is 1. The van der Waals surface area contributed by atoms with Gasteiger partial charge in [-0.2, -0.15) is 0 Å². The number of halogens is 1. The average molecular weight is 599 g/mol. The number of amides is 1. The Kier molecular flexibility index (Phi) is 8.67. The second-order valence-electron chi connectivity index (χ2n) is 12.8. The molecule has 222 valence electrons. The highest BCUT2D eigenvalue weighted by Crippen LogP contribution is 2.47. The number of ether oxygens (including phenoxy) is 1. The van der Waals surface area contributed by atoms with E-state index in [1.807, 2.05) is 25.1 Å². The van der Waals surface area contributed by atoms with E-state index >= 15 is 0 Å². The van der Waals surface area contributed by atoms with Crippen LogP contribution in [0.2, 0.25) is 5.02 Å². The minimum Gasteiger partial charge on any atom is -0.490 e. The van der Waals surface area contributed by atoms with Crippen molar-refractivity contribution >= 4 is 34.2 Å². The number of aliphatic hydroxyl groups excluding tert-OH is 1. The Morgan fingerprint density at radius 1 is 1.12 bits per heavy atom. The summed E-state index contributed by atoms with van der Waals surface area (Å²) < 4.78 is 22.6. The zero-order valence-electron chi connectivity index (χ0n) is 24.1. The number of fused-ring (bicyclic) bond motifs is 4. The maximum atomic E-state index is 13.3. The van der Waals surface area contributed by atoms with Gasteiger partial charge in [-0.25, -0.2) is 4.21 Å². The van der Waals surface area contributed by atoms with E-state index in [4.69, 9.17) is 16.3 Å². The number of aryl methyl sites for hydroxylation is 1. The molecular formula is C33H43ClN2O4S. The Balaban J connectivity index is 1.39. The summed E-state index contributed by atoms with van der Waals surface area (Å²) in [4.78, 5) is 15.8. The van der Waals surface area contributed by atoms with E-state index in [1.54, 1.807) is 6.07 Å². The number of carbonyl (C=O) groups is 1. The average Bonchev–Trinajstić information content (AvgIpc) is 3.10. The summed E-state index contributed by atoms with van der Waals surface area (Å²) in [7, 11) is -1.45. The summed E-state index contributed by atoms with van der Waals surface area (Å²) in [5, 5.41) is 11.1. The molecule has 8 heteroatoms. The van der Waals surface area contributed by atoms with E-state index in [9.17, 15) is 14.1 Å². The smallest absolute Gasteiger partial charge is 0.263 e. The van der Waals surface area contributed by atoms with Crippen molar-refractivity contribution in [3.8, 4) is 5.75 Å². The fourth-order valence-corrected chi connectivity index (χ4v) is 9.24. The molecule has 2 aromatic carbocycles. The zero-order chi connectivity index (χ0) is 28.6. The molecule has 0 saturated heterocycles. The van der Waals surface area contributed by atoms with Gasteiger partial charge in [0, 0.05) is 35.7 Å². The van der Waals surface area contributed by atoms with Crippen molar-refractivity contribution in [2.24, 2.45) is 17.8 Å². The molecular weight excluding hydrogens is 556 g/mol. The van der Waals surface area contributed by atoms with Gasteiger partial charge in [-0.15, -0.1) is 0 Å². The van der Waals surface area contributed by atoms with Crippen molar-refractivity contribution < 1.29 is 18.8 Å². The largest absolute Gasteiger partial charge is 0.490 e. The van der Waals surface area contributed by atoms with Crippen LogP contribution < -0.4 is 14.4 Å². The molecule has 41 heavy (non-hydrogen) atoms. The van der Waals surface area contributed by atoms with E-state index in [2.05, 4.69) is 21.8 Å². The molecule has 1 spiro atoms. The first-order chi connectivity index (χ1) is 19.9. The van der Waals surface area contributed by atoms with E-state index < -0.39 is 11.0 Å². The van der Waals surface area contributed by atoms with Crippen LogP contribution in [-0.2, 0) is 22.8 Å². The second-order valence-corrected chi connectivity index (χ2v) is 14.7. The van der Waals surface area contributed by atoms with Crippen molar-refractivity contribution in [2.45, 2.75) is 81.8 Å². The van der Waals surface area contributed by atoms with Crippen LogP contribution >= 0.6 is 11.6 Å². The van der Waals surface area contributed by atoms with Crippen LogP contribution in [0.3, 0.4) is 0 Å². The molecule has 1 amide bonds. The number of benzene rings is 2. The zero-order valence-corrected chi connectivity index (χ0v) is 25.7. The van der Waals surface area contributed by atoms with Gasteiger partial charge >= 0.3 is 0 Å². The van der Waals surface area contributed by atoms with Crippen LogP contribution in [0, 0.1) is 17.8 Å². The van der Waals surface area contributed by atoms with Gasteiger partial charge in [0.05, 0.1) is 17.5 Å². The summed E-state index contributed by atoms with van der Waals surface area (Å²) in [6.07, 6.45) is 9.98. The maximum Gasteiger partial charge on any atom is 0.263 e. The molecule has 1 saturated carbocycles. The SMILES string of the molecule is CCC1CCCC[C@@H](CO)C2CCC2CN2C[C@@]3(CCCc4cc(Cl)ccc43)COc3ccc(cc32)C(=O)NS1=O. The Morgan fingerprint density at radius 3 is 2.76 bits per heavy atom.